The third-order valence-corrected chi connectivity index (χ3v) is 4.65. The molecule has 1 aliphatic rings. The molecule has 10 heteroatoms. The first-order valence-corrected chi connectivity index (χ1v) is 9.86. The Balaban J connectivity index is 1.31. The lowest BCUT2D eigenvalue weighted by molar-refractivity contribution is 0.0818. The summed E-state index contributed by atoms with van der Waals surface area (Å²) in [5.74, 6) is 1.10. The number of halogens is 2. The van der Waals surface area contributed by atoms with Crippen molar-refractivity contribution in [3.8, 4) is 5.75 Å². The minimum Gasteiger partial charge on any atom is -0.488 e. The molecule has 2 N–H and O–H groups in total. The highest BCUT2D eigenvalue weighted by atomic mass is 19.3. The van der Waals surface area contributed by atoms with E-state index >= 15 is 0 Å². The molecule has 0 aliphatic carbocycles. The molecule has 162 valence electrons. The van der Waals surface area contributed by atoms with Crippen molar-refractivity contribution < 1.29 is 18.3 Å². The largest absolute Gasteiger partial charge is 0.488 e. The summed E-state index contributed by atoms with van der Waals surface area (Å²) in [4.78, 5) is 25.0. The van der Waals surface area contributed by atoms with Crippen LogP contribution in [0, 0.1) is 0 Å². The van der Waals surface area contributed by atoms with Gasteiger partial charge in [0.25, 0.3) is 6.43 Å². The number of anilines is 1. The van der Waals surface area contributed by atoms with Gasteiger partial charge in [-0.2, -0.15) is 0 Å². The van der Waals surface area contributed by atoms with E-state index in [4.69, 9.17) is 4.74 Å². The standard InChI is InChI=1S/C20H26F2N6O2/c21-18(22)15-30-17-4-1-3-16(13-17)14-26-20(29)25-7-8-27-9-11-28(12-10-27)19-23-5-2-6-24-19/h1-6,13,18H,7-12,14-15H2,(H2,25,26,29). The van der Waals surface area contributed by atoms with Gasteiger partial charge in [-0.25, -0.2) is 23.5 Å². The summed E-state index contributed by atoms with van der Waals surface area (Å²) in [5, 5.41) is 5.60. The van der Waals surface area contributed by atoms with E-state index in [0.717, 1.165) is 44.2 Å². The van der Waals surface area contributed by atoms with Crippen LogP contribution >= 0.6 is 0 Å². The van der Waals surface area contributed by atoms with Crippen molar-refractivity contribution in [3.05, 3.63) is 48.3 Å². The Bertz CT molecular complexity index is 788. The van der Waals surface area contributed by atoms with Gasteiger partial charge >= 0.3 is 6.03 Å². The molecule has 1 fully saturated rings. The van der Waals surface area contributed by atoms with Gasteiger partial charge in [0.1, 0.15) is 12.4 Å². The lowest BCUT2D eigenvalue weighted by Gasteiger charge is -2.34. The normalized spacial score (nSPS) is 14.6. The second kappa shape index (κ2) is 11.2. The average molecular weight is 420 g/mol. The number of nitrogens with one attached hydrogen (secondary N) is 2. The van der Waals surface area contributed by atoms with Crippen molar-refractivity contribution in [2.24, 2.45) is 0 Å². The molecule has 3 rings (SSSR count). The van der Waals surface area contributed by atoms with Crippen LogP contribution in [0.5, 0.6) is 5.75 Å². The molecule has 0 spiro atoms. The van der Waals surface area contributed by atoms with Crippen LogP contribution in [0.2, 0.25) is 0 Å². The monoisotopic (exact) mass is 420 g/mol. The molecule has 1 aromatic heterocycles. The molecule has 0 saturated carbocycles. The van der Waals surface area contributed by atoms with E-state index in [2.05, 4.69) is 30.4 Å². The lowest BCUT2D eigenvalue weighted by Crippen LogP contribution is -2.49. The summed E-state index contributed by atoms with van der Waals surface area (Å²) in [5.41, 5.74) is 0.774. The number of rotatable bonds is 9. The average Bonchev–Trinajstić information content (AvgIpc) is 2.78. The van der Waals surface area contributed by atoms with Crippen molar-refractivity contribution in [2.45, 2.75) is 13.0 Å². The fourth-order valence-electron chi connectivity index (χ4n) is 3.10. The van der Waals surface area contributed by atoms with E-state index in [-0.39, 0.29) is 12.6 Å². The van der Waals surface area contributed by atoms with Crippen LogP contribution in [0.25, 0.3) is 0 Å². The number of hydrogen-bond acceptors (Lipinski definition) is 6. The second-order valence-corrected chi connectivity index (χ2v) is 6.84. The first-order valence-electron chi connectivity index (χ1n) is 9.86. The van der Waals surface area contributed by atoms with Gasteiger partial charge in [0, 0.05) is 58.2 Å². The van der Waals surface area contributed by atoms with Gasteiger partial charge in [-0.1, -0.05) is 12.1 Å². The third-order valence-electron chi connectivity index (χ3n) is 4.65. The minimum atomic E-state index is -2.52. The summed E-state index contributed by atoms with van der Waals surface area (Å²) in [6.45, 7) is 4.39. The van der Waals surface area contributed by atoms with Crippen LogP contribution in [-0.2, 0) is 6.54 Å². The van der Waals surface area contributed by atoms with Crippen LogP contribution in [0.15, 0.2) is 42.7 Å². The SMILES string of the molecule is O=C(NCCN1CCN(c2ncccn2)CC1)NCc1cccc(OCC(F)F)c1. The minimum absolute atomic E-state index is 0.273. The van der Waals surface area contributed by atoms with Gasteiger partial charge < -0.3 is 20.3 Å². The van der Waals surface area contributed by atoms with Gasteiger partial charge in [0.2, 0.25) is 5.95 Å². The van der Waals surface area contributed by atoms with Gasteiger partial charge in [-0.3, -0.25) is 4.90 Å². The predicted molar refractivity (Wildman–Crippen MR) is 109 cm³/mol. The number of carbonyl (C=O) groups is 1. The lowest BCUT2D eigenvalue weighted by atomic mass is 10.2. The molecule has 8 nitrogen and oxygen atoms in total. The van der Waals surface area contributed by atoms with Crippen LogP contribution in [0.1, 0.15) is 5.56 Å². The van der Waals surface area contributed by atoms with E-state index in [1.54, 1.807) is 42.7 Å². The second-order valence-electron chi connectivity index (χ2n) is 6.84. The highest BCUT2D eigenvalue weighted by molar-refractivity contribution is 5.73. The number of alkyl halides is 2. The molecular formula is C20H26F2N6O2. The summed E-state index contributed by atoms with van der Waals surface area (Å²) >= 11 is 0. The van der Waals surface area contributed by atoms with E-state index in [9.17, 15) is 13.6 Å². The van der Waals surface area contributed by atoms with Gasteiger partial charge in [-0.15, -0.1) is 0 Å². The molecule has 1 saturated heterocycles. The zero-order valence-corrected chi connectivity index (χ0v) is 16.6. The van der Waals surface area contributed by atoms with Crippen molar-refractivity contribution >= 4 is 12.0 Å². The van der Waals surface area contributed by atoms with Crippen LogP contribution < -0.4 is 20.3 Å². The zero-order valence-electron chi connectivity index (χ0n) is 16.6. The maximum atomic E-state index is 12.2. The fourth-order valence-corrected chi connectivity index (χ4v) is 3.10. The molecule has 0 atom stereocenters. The van der Waals surface area contributed by atoms with Crippen molar-refractivity contribution in [1.29, 1.82) is 0 Å². The number of benzene rings is 1. The third kappa shape index (κ3) is 7.11. The molecule has 2 heterocycles. The van der Waals surface area contributed by atoms with E-state index in [1.807, 2.05) is 0 Å². The number of ether oxygens (including phenoxy) is 1. The number of aromatic nitrogens is 2. The van der Waals surface area contributed by atoms with E-state index < -0.39 is 13.0 Å². The molecule has 0 radical (unpaired) electrons. The molecule has 1 aliphatic heterocycles. The summed E-state index contributed by atoms with van der Waals surface area (Å²) in [6, 6.07) is 8.27. The topological polar surface area (TPSA) is 82.6 Å². The predicted octanol–water partition coefficient (Wildman–Crippen LogP) is 1.74. The molecule has 30 heavy (non-hydrogen) atoms. The number of nitrogens with zero attached hydrogens (tertiary/aromatic N) is 4. The smallest absolute Gasteiger partial charge is 0.315 e. The molecular weight excluding hydrogens is 394 g/mol. The Morgan fingerprint density at radius 3 is 2.60 bits per heavy atom. The Morgan fingerprint density at radius 1 is 1.10 bits per heavy atom. The van der Waals surface area contributed by atoms with Crippen LogP contribution in [0.3, 0.4) is 0 Å². The van der Waals surface area contributed by atoms with Crippen LogP contribution in [0.4, 0.5) is 19.5 Å². The van der Waals surface area contributed by atoms with Crippen LogP contribution in [-0.4, -0.2) is 73.2 Å². The first kappa shape index (κ1) is 21.7. The maximum Gasteiger partial charge on any atom is 0.315 e. The maximum absolute atomic E-state index is 12.2. The molecule has 2 aromatic rings. The van der Waals surface area contributed by atoms with E-state index in [0.29, 0.717) is 12.3 Å². The summed E-state index contributed by atoms with van der Waals surface area (Å²) < 4.78 is 29.4. The van der Waals surface area contributed by atoms with Crippen molar-refractivity contribution in [1.82, 2.24) is 25.5 Å². The molecule has 0 bridgehead atoms. The van der Waals surface area contributed by atoms with Gasteiger partial charge in [0.15, 0.2) is 0 Å². The summed E-state index contributed by atoms with van der Waals surface area (Å²) in [6.07, 6.45) is 0.959. The first-order chi connectivity index (χ1) is 14.6. The number of urea groups is 1. The number of amides is 2. The Hall–Kier alpha value is -3.01. The highest BCUT2D eigenvalue weighted by Gasteiger charge is 2.18. The van der Waals surface area contributed by atoms with Gasteiger partial charge in [-0.05, 0) is 23.8 Å². The molecule has 0 unspecified atom stereocenters. The number of hydrogen-bond donors (Lipinski definition) is 2. The molecule has 2 amide bonds. The fraction of sp³-hybridized carbons (Fsp3) is 0.450. The van der Waals surface area contributed by atoms with E-state index in [1.165, 1.54) is 0 Å². The molecule has 1 aromatic carbocycles. The number of carbonyl (C=O) groups excluding carboxylic acids is 1. The van der Waals surface area contributed by atoms with Gasteiger partial charge in [0.05, 0.1) is 0 Å². The van der Waals surface area contributed by atoms with Crippen molar-refractivity contribution in [2.75, 3.05) is 50.8 Å². The highest BCUT2D eigenvalue weighted by Crippen LogP contribution is 2.14. The quantitative estimate of drug-likeness (QED) is 0.643. The Morgan fingerprint density at radius 2 is 1.87 bits per heavy atom. The Kier molecular flexibility index (Phi) is 8.13. The summed E-state index contributed by atoms with van der Waals surface area (Å²) in [7, 11) is 0. The van der Waals surface area contributed by atoms with Crippen molar-refractivity contribution in [3.63, 3.8) is 0 Å². The zero-order chi connectivity index (χ0) is 21.2. The Labute approximate surface area is 174 Å². The number of piperazine rings is 1.